The van der Waals surface area contributed by atoms with E-state index in [1.54, 1.807) is 0 Å². The summed E-state index contributed by atoms with van der Waals surface area (Å²) >= 11 is 0. The van der Waals surface area contributed by atoms with E-state index < -0.39 is 0 Å². The van der Waals surface area contributed by atoms with Gasteiger partial charge < -0.3 is 14.3 Å². The summed E-state index contributed by atoms with van der Waals surface area (Å²) in [5, 5.41) is 0. The van der Waals surface area contributed by atoms with Gasteiger partial charge in [0.05, 0.1) is 6.61 Å². The van der Waals surface area contributed by atoms with E-state index in [9.17, 15) is 4.79 Å². The lowest BCUT2D eigenvalue weighted by atomic mass is 10.1. The van der Waals surface area contributed by atoms with Gasteiger partial charge in [0.15, 0.2) is 0 Å². The van der Waals surface area contributed by atoms with Crippen molar-refractivity contribution in [3.8, 4) is 5.75 Å². The summed E-state index contributed by atoms with van der Waals surface area (Å²) in [6.45, 7) is 1.51. The van der Waals surface area contributed by atoms with Crippen LogP contribution in [0.5, 0.6) is 5.75 Å². The van der Waals surface area contributed by atoms with E-state index in [-0.39, 0.29) is 6.10 Å². The predicted molar refractivity (Wildman–Crippen MR) is 65.3 cm³/mol. The number of aryl methyl sites for hydroxylation is 1. The van der Waals surface area contributed by atoms with E-state index in [0.717, 1.165) is 43.5 Å². The molecule has 0 spiro atoms. The van der Waals surface area contributed by atoms with Crippen LogP contribution in [0.1, 0.15) is 24.8 Å². The van der Waals surface area contributed by atoms with Gasteiger partial charge in [0.2, 0.25) is 0 Å². The second-order valence-electron chi connectivity index (χ2n) is 4.27. The van der Waals surface area contributed by atoms with Crippen molar-refractivity contribution in [3.63, 3.8) is 0 Å². The van der Waals surface area contributed by atoms with Crippen LogP contribution in [0.25, 0.3) is 0 Å². The molecular weight excluding hydrogens is 216 g/mol. The maximum absolute atomic E-state index is 10.4. The van der Waals surface area contributed by atoms with Crippen LogP contribution >= 0.6 is 0 Å². The zero-order valence-corrected chi connectivity index (χ0v) is 9.93. The monoisotopic (exact) mass is 234 g/mol. The molecule has 2 rings (SSSR count). The van der Waals surface area contributed by atoms with Crippen molar-refractivity contribution < 1.29 is 14.3 Å². The summed E-state index contributed by atoms with van der Waals surface area (Å²) in [5.74, 6) is 0.893. The normalized spacial score (nSPS) is 19.9. The van der Waals surface area contributed by atoms with Gasteiger partial charge in [0, 0.05) is 13.0 Å². The highest BCUT2D eigenvalue weighted by Gasteiger charge is 2.16. The van der Waals surface area contributed by atoms with Crippen LogP contribution in [0.3, 0.4) is 0 Å². The fourth-order valence-corrected chi connectivity index (χ4v) is 2.02. The smallest absolute Gasteiger partial charge is 0.123 e. The van der Waals surface area contributed by atoms with Gasteiger partial charge in [-0.15, -0.1) is 0 Å². The first-order valence-electron chi connectivity index (χ1n) is 6.16. The average molecular weight is 234 g/mol. The third-order valence-electron chi connectivity index (χ3n) is 2.92. The average Bonchev–Trinajstić information content (AvgIpc) is 2.39. The van der Waals surface area contributed by atoms with Crippen molar-refractivity contribution in [2.45, 2.75) is 31.8 Å². The van der Waals surface area contributed by atoms with E-state index in [4.69, 9.17) is 9.47 Å². The highest BCUT2D eigenvalue weighted by molar-refractivity contribution is 5.50. The lowest BCUT2D eigenvalue weighted by molar-refractivity contribution is -0.107. The van der Waals surface area contributed by atoms with Crippen molar-refractivity contribution in [3.05, 3.63) is 29.8 Å². The predicted octanol–water partition coefficient (Wildman–Crippen LogP) is 2.38. The minimum Gasteiger partial charge on any atom is -0.488 e. The first-order chi connectivity index (χ1) is 8.40. The van der Waals surface area contributed by atoms with Crippen LogP contribution in [0, 0.1) is 0 Å². The molecule has 1 atom stereocenters. The molecule has 0 saturated carbocycles. The van der Waals surface area contributed by atoms with E-state index >= 15 is 0 Å². The molecule has 1 aromatic carbocycles. The third kappa shape index (κ3) is 3.56. The molecule has 1 fully saturated rings. The van der Waals surface area contributed by atoms with Crippen LogP contribution < -0.4 is 4.74 Å². The first-order valence-corrected chi connectivity index (χ1v) is 6.16. The lowest BCUT2D eigenvalue weighted by Gasteiger charge is -2.24. The molecule has 0 aromatic heterocycles. The topological polar surface area (TPSA) is 35.5 Å². The molecule has 1 saturated heterocycles. The van der Waals surface area contributed by atoms with Gasteiger partial charge in [-0.2, -0.15) is 0 Å². The lowest BCUT2D eigenvalue weighted by Crippen LogP contribution is -2.28. The fraction of sp³-hybridized carbons (Fsp3) is 0.500. The van der Waals surface area contributed by atoms with Gasteiger partial charge in [-0.3, -0.25) is 0 Å². The summed E-state index contributed by atoms with van der Waals surface area (Å²) in [6, 6.07) is 7.92. The van der Waals surface area contributed by atoms with Crippen LogP contribution in [0.15, 0.2) is 24.3 Å². The summed E-state index contributed by atoms with van der Waals surface area (Å²) in [4.78, 5) is 10.4. The van der Waals surface area contributed by atoms with Crippen molar-refractivity contribution in [1.82, 2.24) is 0 Å². The third-order valence-corrected chi connectivity index (χ3v) is 2.92. The van der Waals surface area contributed by atoms with Gasteiger partial charge in [0.1, 0.15) is 18.1 Å². The van der Waals surface area contributed by atoms with E-state index in [0.29, 0.717) is 13.0 Å². The number of para-hydroxylation sites is 1. The van der Waals surface area contributed by atoms with E-state index in [1.165, 1.54) is 0 Å². The van der Waals surface area contributed by atoms with Crippen molar-refractivity contribution >= 4 is 6.29 Å². The molecule has 17 heavy (non-hydrogen) atoms. The Morgan fingerprint density at radius 1 is 1.41 bits per heavy atom. The number of aldehydes is 1. The standard InChI is InChI=1S/C14H18O3/c15-9-3-6-12-5-1-2-8-14(12)17-13-7-4-10-16-11-13/h1-2,5,8-9,13H,3-4,6-7,10-11H2. The second kappa shape index (κ2) is 6.40. The van der Waals surface area contributed by atoms with E-state index in [2.05, 4.69) is 0 Å². The molecule has 1 aliphatic heterocycles. The Labute approximate surface area is 102 Å². The van der Waals surface area contributed by atoms with Crippen molar-refractivity contribution in [2.24, 2.45) is 0 Å². The Morgan fingerprint density at radius 3 is 3.06 bits per heavy atom. The van der Waals surface area contributed by atoms with Gasteiger partial charge in [-0.25, -0.2) is 0 Å². The molecule has 0 amide bonds. The molecule has 0 aliphatic carbocycles. The largest absolute Gasteiger partial charge is 0.488 e. The molecule has 0 radical (unpaired) electrons. The van der Waals surface area contributed by atoms with Crippen molar-refractivity contribution in [1.29, 1.82) is 0 Å². The summed E-state index contributed by atoms with van der Waals surface area (Å²) in [6.07, 6.45) is 4.49. The number of benzene rings is 1. The highest BCUT2D eigenvalue weighted by atomic mass is 16.5. The second-order valence-corrected chi connectivity index (χ2v) is 4.27. The summed E-state index contributed by atoms with van der Waals surface area (Å²) < 4.78 is 11.3. The SMILES string of the molecule is O=CCCc1ccccc1OC1CCCOC1. The molecule has 3 heteroatoms. The van der Waals surface area contributed by atoms with Crippen LogP contribution in [0.4, 0.5) is 0 Å². The molecule has 3 nitrogen and oxygen atoms in total. The van der Waals surface area contributed by atoms with Gasteiger partial charge >= 0.3 is 0 Å². The molecular formula is C14H18O3. The molecule has 0 N–H and O–H groups in total. The quantitative estimate of drug-likeness (QED) is 0.734. The number of ether oxygens (including phenoxy) is 2. The first kappa shape index (κ1) is 12.1. The Bertz CT molecular complexity index is 356. The van der Waals surface area contributed by atoms with Gasteiger partial charge in [0.25, 0.3) is 0 Å². The Balaban J connectivity index is 2.00. The number of hydrogen-bond donors (Lipinski definition) is 0. The minimum atomic E-state index is 0.154. The van der Waals surface area contributed by atoms with Gasteiger partial charge in [-0.05, 0) is 30.9 Å². The molecule has 1 aliphatic rings. The number of hydrogen-bond acceptors (Lipinski definition) is 3. The molecule has 1 aromatic rings. The number of carbonyl (C=O) groups is 1. The maximum atomic E-state index is 10.4. The fourth-order valence-electron chi connectivity index (χ4n) is 2.02. The van der Waals surface area contributed by atoms with Crippen LogP contribution in [-0.4, -0.2) is 25.6 Å². The Hall–Kier alpha value is -1.35. The number of carbonyl (C=O) groups excluding carboxylic acids is 1. The zero-order valence-electron chi connectivity index (χ0n) is 9.93. The number of rotatable bonds is 5. The maximum Gasteiger partial charge on any atom is 0.123 e. The van der Waals surface area contributed by atoms with Gasteiger partial charge in [-0.1, -0.05) is 18.2 Å². The zero-order chi connectivity index (χ0) is 11.9. The Kier molecular flexibility index (Phi) is 4.56. The Morgan fingerprint density at radius 2 is 2.29 bits per heavy atom. The highest BCUT2D eigenvalue weighted by Crippen LogP contribution is 2.22. The summed E-state index contributed by atoms with van der Waals surface area (Å²) in [7, 11) is 0. The molecule has 1 unspecified atom stereocenters. The molecule has 0 bridgehead atoms. The van der Waals surface area contributed by atoms with E-state index in [1.807, 2.05) is 24.3 Å². The summed E-state index contributed by atoms with van der Waals surface area (Å²) in [5.41, 5.74) is 1.10. The van der Waals surface area contributed by atoms with Crippen LogP contribution in [-0.2, 0) is 16.0 Å². The molecule has 92 valence electrons. The molecule has 1 heterocycles. The minimum absolute atomic E-state index is 0.154. The van der Waals surface area contributed by atoms with Crippen molar-refractivity contribution in [2.75, 3.05) is 13.2 Å². The van der Waals surface area contributed by atoms with Crippen LogP contribution in [0.2, 0.25) is 0 Å².